The molecule has 0 aliphatic rings. The van der Waals surface area contributed by atoms with E-state index in [4.69, 9.17) is 5.11 Å². The molecule has 100 valence electrons. The molecule has 0 aliphatic heterocycles. The number of imidazole rings is 1. The Hall–Kier alpha value is -2.71. The van der Waals surface area contributed by atoms with Gasteiger partial charge in [-0.2, -0.15) is 4.98 Å². The standard InChI is InChI=1S/C10H11N5O4/c16-5(2-1-3-6(17)18)13-10-14-8-7(9(19)15-10)11-4-12-8/h4H,1-3H2,(H,17,18)(H3,11,12,13,14,15,16,19). The first-order valence-corrected chi connectivity index (χ1v) is 5.51. The van der Waals surface area contributed by atoms with Gasteiger partial charge in [-0.1, -0.05) is 0 Å². The minimum absolute atomic E-state index is 0.00933. The first kappa shape index (κ1) is 12.7. The van der Waals surface area contributed by atoms with Gasteiger partial charge >= 0.3 is 5.97 Å². The lowest BCUT2D eigenvalue weighted by molar-refractivity contribution is -0.137. The zero-order valence-corrected chi connectivity index (χ0v) is 9.77. The average molecular weight is 265 g/mol. The number of aromatic nitrogens is 4. The number of rotatable bonds is 5. The molecule has 2 heterocycles. The molecule has 0 fully saturated rings. The molecule has 9 heteroatoms. The van der Waals surface area contributed by atoms with E-state index >= 15 is 0 Å². The van der Waals surface area contributed by atoms with Crippen LogP contribution in [-0.2, 0) is 9.59 Å². The molecule has 0 aromatic carbocycles. The first-order valence-electron chi connectivity index (χ1n) is 5.51. The van der Waals surface area contributed by atoms with Crippen LogP contribution in [0.1, 0.15) is 19.3 Å². The van der Waals surface area contributed by atoms with Gasteiger partial charge in [0.15, 0.2) is 11.2 Å². The van der Waals surface area contributed by atoms with E-state index in [1.165, 1.54) is 6.33 Å². The number of aliphatic carboxylic acids is 1. The topological polar surface area (TPSA) is 141 Å². The zero-order chi connectivity index (χ0) is 13.8. The Kier molecular flexibility index (Phi) is 3.55. The van der Waals surface area contributed by atoms with Crippen molar-refractivity contribution >= 4 is 29.0 Å². The van der Waals surface area contributed by atoms with E-state index in [1.807, 2.05) is 0 Å². The summed E-state index contributed by atoms with van der Waals surface area (Å²) in [6, 6.07) is 0. The number of amides is 1. The molecule has 2 rings (SSSR count). The van der Waals surface area contributed by atoms with E-state index in [0.717, 1.165) is 0 Å². The van der Waals surface area contributed by atoms with Crippen LogP contribution in [0.5, 0.6) is 0 Å². The number of anilines is 1. The Balaban J connectivity index is 2.02. The number of nitrogens with one attached hydrogen (secondary N) is 3. The maximum absolute atomic E-state index is 11.5. The molecule has 0 radical (unpaired) electrons. The summed E-state index contributed by atoms with van der Waals surface area (Å²) >= 11 is 0. The van der Waals surface area contributed by atoms with Crippen molar-refractivity contribution < 1.29 is 14.7 Å². The number of H-pyrrole nitrogens is 2. The molecular formula is C10H11N5O4. The van der Waals surface area contributed by atoms with Gasteiger partial charge in [-0.05, 0) is 6.42 Å². The van der Waals surface area contributed by atoms with Crippen LogP contribution >= 0.6 is 0 Å². The van der Waals surface area contributed by atoms with Gasteiger partial charge < -0.3 is 10.1 Å². The van der Waals surface area contributed by atoms with Crippen LogP contribution in [0.3, 0.4) is 0 Å². The first-order chi connectivity index (χ1) is 9.06. The highest BCUT2D eigenvalue weighted by Gasteiger charge is 2.09. The summed E-state index contributed by atoms with van der Waals surface area (Å²) in [5.74, 6) is -1.39. The molecule has 0 unspecified atom stereocenters. The van der Waals surface area contributed by atoms with Crippen molar-refractivity contribution in [3.05, 3.63) is 16.7 Å². The number of carbonyl (C=O) groups excluding carboxylic acids is 1. The van der Waals surface area contributed by atoms with Crippen LogP contribution in [0.2, 0.25) is 0 Å². The van der Waals surface area contributed by atoms with Crippen LogP contribution in [0.15, 0.2) is 11.1 Å². The number of carbonyl (C=O) groups is 2. The maximum Gasteiger partial charge on any atom is 0.303 e. The van der Waals surface area contributed by atoms with Crippen LogP contribution in [0, 0.1) is 0 Å². The number of fused-ring (bicyclic) bond motifs is 1. The van der Waals surface area contributed by atoms with Crippen LogP contribution in [-0.4, -0.2) is 36.9 Å². The Morgan fingerprint density at radius 2 is 2.16 bits per heavy atom. The van der Waals surface area contributed by atoms with Crippen LogP contribution < -0.4 is 10.9 Å². The molecule has 19 heavy (non-hydrogen) atoms. The third-order valence-electron chi connectivity index (χ3n) is 2.35. The fourth-order valence-corrected chi connectivity index (χ4v) is 1.50. The van der Waals surface area contributed by atoms with Gasteiger partial charge in [0.1, 0.15) is 0 Å². The normalized spacial score (nSPS) is 10.5. The van der Waals surface area contributed by atoms with Crippen molar-refractivity contribution in [1.29, 1.82) is 0 Å². The van der Waals surface area contributed by atoms with Crippen molar-refractivity contribution in [2.24, 2.45) is 0 Å². The molecule has 0 saturated heterocycles. The summed E-state index contributed by atoms with van der Waals surface area (Å²) < 4.78 is 0. The molecule has 2 aromatic rings. The van der Waals surface area contributed by atoms with Crippen molar-refractivity contribution in [3.8, 4) is 0 Å². The largest absolute Gasteiger partial charge is 0.481 e. The second-order valence-electron chi connectivity index (χ2n) is 3.81. The summed E-state index contributed by atoms with van der Waals surface area (Å²) in [4.78, 5) is 46.1. The molecule has 0 atom stereocenters. The third-order valence-corrected chi connectivity index (χ3v) is 2.35. The molecule has 1 amide bonds. The summed E-state index contributed by atoms with van der Waals surface area (Å²) in [5.41, 5.74) is -0.0169. The lowest BCUT2D eigenvalue weighted by Crippen LogP contribution is -2.18. The highest BCUT2D eigenvalue weighted by molar-refractivity contribution is 5.89. The number of hydrogen-bond donors (Lipinski definition) is 4. The number of nitrogens with zero attached hydrogens (tertiary/aromatic N) is 2. The molecule has 0 spiro atoms. The van der Waals surface area contributed by atoms with Gasteiger partial charge in [-0.3, -0.25) is 24.7 Å². The van der Waals surface area contributed by atoms with E-state index < -0.39 is 17.4 Å². The Labute approximate surface area is 106 Å². The fraction of sp³-hybridized carbons (Fsp3) is 0.300. The Morgan fingerprint density at radius 1 is 1.37 bits per heavy atom. The smallest absolute Gasteiger partial charge is 0.303 e. The lowest BCUT2D eigenvalue weighted by Gasteiger charge is -2.02. The highest BCUT2D eigenvalue weighted by Crippen LogP contribution is 2.04. The van der Waals surface area contributed by atoms with Gasteiger partial charge in [-0.15, -0.1) is 0 Å². The molecular weight excluding hydrogens is 254 g/mol. The maximum atomic E-state index is 11.5. The van der Waals surface area contributed by atoms with Gasteiger partial charge in [0.25, 0.3) is 5.56 Å². The molecule has 9 nitrogen and oxygen atoms in total. The number of aromatic amines is 2. The predicted octanol–water partition coefficient (Wildman–Crippen LogP) is -0.160. The minimum atomic E-state index is -0.961. The summed E-state index contributed by atoms with van der Waals surface area (Å²) in [5, 5.41) is 10.8. The Morgan fingerprint density at radius 3 is 2.89 bits per heavy atom. The number of carboxylic acids is 1. The van der Waals surface area contributed by atoms with Crippen molar-refractivity contribution in [3.63, 3.8) is 0 Å². The van der Waals surface area contributed by atoms with Crippen molar-refractivity contribution in [2.75, 3.05) is 5.32 Å². The van der Waals surface area contributed by atoms with Crippen LogP contribution in [0.4, 0.5) is 5.95 Å². The van der Waals surface area contributed by atoms with E-state index in [9.17, 15) is 14.4 Å². The quantitative estimate of drug-likeness (QED) is 0.592. The minimum Gasteiger partial charge on any atom is -0.481 e. The van der Waals surface area contributed by atoms with Crippen LogP contribution in [0.25, 0.3) is 11.2 Å². The second-order valence-corrected chi connectivity index (χ2v) is 3.81. The van der Waals surface area contributed by atoms with Gasteiger partial charge in [0.05, 0.1) is 6.33 Å². The molecule has 4 N–H and O–H groups in total. The van der Waals surface area contributed by atoms with Gasteiger partial charge in [0, 0.05) is 12.8 Å². The summed E-state index contributed by atoms with van der Waals surface area (Å²) in [6.45, 7) is 0. The van der Waals surface area contributed by atoms with E-state index in [-0.39, 0.29) is 36.4 Å². The average Bonchev–Trinajstić information content (AvgIpc) is 2.76. The summed E-state index contributed by atoms with van der Waals surface area (Å²) in [6.07, 6.45) is 1.49. The summed E-state index contributed by atoms with van der Waals surface area (Å²) in [7, 11) is 0. The SMILES string of the molecule is O=C(O)CCCC(=O)Nc1nc2nc[nH]c2c(=O)[nH]1. The van der Waals surface area contributed by atoms with Crippen molar-refractivity contribution in [1.82, 2.24) is 19.9 Å². The molecule has 0 bridgehead atoms. The fourth-order valence-electron chi connectivity index (χ4n) is 1.50. The lowest BCUT2D eigenvalue weighted by atomic mass is 10.2. The second kappa shape index (κ2) is 5.29. The van der Waals surface area contributed by atoms with Gasteiger partial charge in [0.2, 0.25) is 11.9 Å². The monoisotopic (exact) mass is 265 g/mol. The third kappa shape index (κ3) is 3.15. The number of hydrogen-bond acceptors (Lipinski definition) is 5. The van der Waals surface area contributed by atoms with Gasteiger partial charge in [-0.25, -0.2) is 4.98 Å². The van der Waals surface area contributed by atoms with E-state index in [2.05, 4.69) is 25.3 Å². The predicted molar refractivity (Wildman–Crippen MR) is 64.6 cm³/mol. The van der Waals surface area contributed by atoms with E-state index in [0.29, 0.717) is 0 Å². The zero-order valence-electron chi connectivity index (χ0n) is 9.77. The molecule has 2 aromatic heterocycles. The molecule has 0 saturated carbocycles. The highest BCUT2D eigenvalue weighted by atomic mass is 16.4. The van der Waals surface area contributed by atoms with Crippen molar-refractivity contribution in [2.45, 2.75) is 19.3 Å². The Bertz CT molecular complexity index is 674. The molecule has 0 aliphatic carbocycles. The van der Waals surface area contributed by atoms with E-state index in [1.54, 1.807) is 0 Å². The number of carboxylic acid groups (broad SMARTS) is 1.